The number of aliphatic hydroxyl groups is 1. The number of halogens is 1. The zero-order valence-corrected chi connectivity index (χ0v) is 13.8. The second-order valence-corrected chi connectivity index (χ2v) is 7.28. The Hall–Kier alpha value is -0.540. The molecule has 1 aliphatic carbocycles. The van der Waals surface area contributed by atoms with Gasteiger partial charge in [0.15, 0.2) is 0 Å². The van der Waals surface area contributed by atoms with Gasteiger partial charge in [-0.2, -0.15) is 0 Å². The van der Waals surface area contributed by atoms with Crippen LogP contribution in [0.25, 0.3) is 0 Å². The molecule has 2 unspecified atom stereocenters. The minimum Gasteiger partial charge on any atom is -0.389 e. The van der Waals surface area contributed by atoms with E-state index in [0.29, 0.717) is 0 Å². The molecule has 1 aromatic rings. The van der Waals surface area contributed by atoms with Crippen molar-refractivity contribution in [2.45, 2.75) is 45.1 Å². The van der Waals surface area contributed by atoms with E-state index < -0.39 is 6.10 Å². The van der Waals surface area contributed by atoms with Crippen LogP contribution in [-0.2, 0) is 0 Å². The van der Waals surface area contributed by atoms with E-state index >= 15 is 0 Å². The van der Waals surface area contributed by atoms with Crippen LogP contribution in [-0.4, -0.2) is 18.2 Å². The zero-order chi connectivity index (χ0) is 14.1. The Labute approximate surface area is 130 Å². The fourth-order valence-corrected chi connectivity index (χ4v) is 4.58. The molecule has 0 amide bonds. The molecule has 0 bridgehead atoms. The first-order valence-corrected chi connectivity index (χ1v) is 8.67. The van der Waals surface area contributed by atoms with Gasteiger partial charge in [0, 0.05) is 23.2 Å². The molecular weight excluding hydrogens is 314 g/mol. The number of fused-ring (bicyclic) bond motifs is 1. The van der Waals surface area contributed by atoms with E-state index in [1.807, 2.05) is 6.92 Å². The Balaban J connectivity index is 1.75. The van der Waals surface area contributed by atoms with E-state index in [0.717, 1.165) is 21.9 Å². The van der Waals surface area contributed by atoms with Crippen molar-refractivity contribution < 1.29 is 5.11 Å². The molecule has 2 aliphatic rings. The fourth-order valence-electron chi connectivity index (χ4n) is 3.89. The van der Waals surface area contributed by atoms with Crippen molar-refractivity contribution in [1.82, 2.24) is 0 Å². The third-order valence-corrected chi connectivity index (χ3v) is 5.78. The third kappa shape index (κ3) is 2.89. The summed E-state index contributed by atoms with van der Waals surface area (Å²) in [7, 11) is 0. The third-order valence-electron chi connectivity index (χ3n) is 5.09. The van der Waals surface area contributed by atoms with E-state index in [4.69, 9.17) is 0 Å². The minimum absolute atomic E-state index is 0.414. The summed E-state index contributed by atoms with van der Waals surface area (Å²) in [6.45, 7) is 4.21. The van der Waals surface area contributed by atoms with Crippen molar-refractivity contribution in [3.05, 3.63) is 28.2 Å². The lowest BCUT2D eigenvalue weighted by molar-refractivity contribution is 0.198. The molecule has 0 spiro atoms. The lowest BCUT2D eigenvalue weighted by atomic mass is 9.75. The minimum atomic E-state index is -0.414. The monoisotopic (exact) mass is 337 g/mol. The van der Waals surface area contributed by atoms with Crippen molar-refractivity contribution in [2.24, 2.45) is 11.8 Å². The topological polar surface area (TPSA) is 23.5 Å². The number of rotatable bonds is 2. The van der Waals surface area contributed by atoms with E-state index in [-0.39, 0.29) is 0 Å². The molecule has 2 nitrogen and oxygen atoms in total. The van der Waals surface area contributed by atoms with Gasteiger partial charge >= 0.3 is 0 Å². The Morgan fingerprint density at radius 2 is 1.95 bits per heavy atom. The Morgan fingerprint density at radius 1 is 1.20 bits per heavy atom. The lowest BCUT2D eigenvalue weighted by Gasteiger charge is -2.42. The number of aliphatic hydroxyl groups excluding tert-OH is 1. The quantitative estimate of drug-likeness (QED) is 0.857. The summed E-state index contributed by atoms with van der Waals surface area (Å²) in [5, 5.41) is 9.72. The van der Waals surface area contributed by atoms with Crippen LogP contribution in [0.4, 0.5) is 5.69 Å². The molecule has 0 radical (unpaired) electrons. The summed E-state index contributed by atoms with van der Waals surface area (Å²) in [5.41, 5.74) is 2.27. The number of benzene rings is 1. The highest BCUT2D eigenvalue weighted by molar-refractivity contribution is 9.10. The van der Waals surface area contributed by atoms with Gasteiger partial charge in [-0.15, -0.1) is 0 Å². The molecule has 1 aromatic carbocycles. The molecule has 0 aromatic heterocycles. The first-order valence-electron chi connectivity index (χ1n) is 7.87. The lowest BCUT2D eigenvalue weighted by Crippen LogP contribution is -2.41. The predicted octanol–water partition coefficient (Wildman–Crippen LogP) is 4.52. The normalized spacial score (nSPS) is 28.1. The largest absolute Gasteiger partial charge is 0.389 e. The van der Waals surface area contributed by atoms with Gasteiger partial charge in [0.25, 0.3) is 0 Å². The summed E-state index contributed by atoms with van der Waals surface area (Å²) in [5.74, 6) is 1.87. The van der Waals surface area contributed by atoms with Crippen LogP contribution in [0, 0.1) is 11.8 Å². The molecular formula is C17H24BrNO. The van der Waals surface area contributed by atoms with E-state index in [2.05, 4.69) is 39.0 Å². The van der Waals surface area contributed by atoms with Crippen LogP contribution < -0.4 is 4.90 Å². The van der Waals surface area contributed by atoms with Gasteiger partial charge in [0.05, 0.1) is 6.10 Å². The zero-order valence-electron chi connectivity index (χ0n) is 12.2. The highest BCUT2D eigenvalue weighted by atomic mass is 79.9. The molecule has 3 rings (SSSR count). The first-order chi connectivity index (χ1) is 9.65. The van der Waals surface area contributed by atoms with Gasteiger partial charge in [0.2, 0.25) is 0 Å². The fraction of sp³-hybridized carbons (Fsp3) is 0.647. The average molecular weight is 338 g/mol. The average Bonchev–Trinajstić information content (AvgIpc) is 2.46. The van der Waals surface area contributed by atoms with Crippen molar-refractivity contribution in [3.8, 4) is 0 Å². The number of anilines is 1. The molecule has 1 saturated heterocycles. The van der Waals surface area contributed by atoms with Gasteiger partial charge in [-0.05, 0) is 49.3 Å². The Morgan fingerprint density at radius 3 is 2.65 bits per heavy atom. The SMILES string of the molecule is C[C@@H](O)c1ccc(N2CCC3CCCCC3C2)cc1Br. The highest BCUT2D eigenvalue weighted by Gasteiger charge is 2.31. The van der Waals surface area contributed by atoms with E-state index in [1.54, 1.807) is 0 Å². The molecule has 3 atom stereocenters. The van der Waals surface area contributed by atoms with Crippen LogP contribution in [0.2, 0.25) is 0 Å². The summed E-state index contributed by atoms with van der Waals surface area (Å²) >= 11 is 3.60. The maximum atomic E-state index is 9.72. The van der Waals surface area contributed by atoms with E-state index in [1.165, 1.54) is 50.9 Å². The second-order valence-electron chi connectivity index (χ2n) is 6.42. The Kier molecular flexibility index (Phi) is 4.37. The molecule has 1 N–H and O–H groups in total. The van der Waals surface area contributed by atoms with Crippen LogP contribution in [0.3, 0.4) is 0 Å². The van der Waals surface area contributed by atoms with Gasteiger partial charge in [-0.25, -0.2) is 0 Å². The molecule has 1 heterocycles. The van der Waals surface area contributed by atoms with E-state index in [9.17, 15) is 5.11 Å². The summed E-state index contributed by atoms with van der Waals surface area (Å²) in [6, 6.07) is 6.39. The number of hydrogen-bond donors (Lipinski definition) is 1. The summed E-state index contributed by atoms with van der Waals surface area (Å²) < 4.78 is 1.02. The van der Waals surface area contributed by atoms with Crippen molar-refractivity contribution in [1.29, 1.82) is 0 Å². The Bertz CT molecular complexity index is 474. The summed E-state index contributed by atoms with van der Waals surface area (Å²) in [4.78, 5) is 2.53. The van der Waals surface area contributed by atoms with Gasteiger partial charge in [-0.3, -0.25) is 0 Å². The number of hydrogen-bond acceptors (Lipinski definition) is 2. The van der Waals surface area contributed by atoms with Crippen molar-refractivity contribution >= 4 is 21.6 Å². The maximum absolute atomic E-state index is 9.72. The van der Waals surface area contributed by atoms with Gasteiger partial charge in [0.1, 0.15) is 0 Å². The standard InChI is InChI=1S/C17H24BrNO/c1-12(20)16-7-6-15(10-17(16)18)19-9-8-13-4-2-3-5-14(13)11-19/h6-7,10,12-14,20H,2-5,8-9,11H2,1H3/t12-,13?,14?/m1/s1. The van der Waals surface area contributed by atoms with Crippen molar-refractivity contribution in [3.63, 3.8) is 0 Å². The second kappa shape index (κ2) is 6.07. The summed E-state index contributed by atoms with van der Waals surface area (Å²) in [6.07, 6.45) is 6.65. The van der Waals surface area contributed by atoms with Gasteiger partial charge < -0.3 is 10.0 Å². The molecule has 2 fully saturated rings. The number of piperidine rings is 1. The number of nitrogens with zero attached hydrogens (tertiary/aromatic N) is 1. The van der Waals surface area contributed by atoms with Gasteiger partial charge in [-0.1, -0.05) is 41.3 Å². The molecule has 20 heavy (non-hydrogen) atoms. The van der Waals surface area contributed by atoms with Crippen LogP contribution in [0.1, 0.15) is 50.7 Å². The molecule has 110 valence electrons. The van der Waals surface area contributed by atoms with Crippen LogP contribution in [0.15, 0.2) is 22.7 Å². The maximum Gasteiger partial charge on any atom is 0.0772 e. The highest BCUT2D eigenvalue weighted by Crippen LogP contribution is 2.38. The van der Waals surface area contributed by atoms with Crippen LogP contribution >= 0.6 is 15.9 Å². The molecule has 3 heteroatoms. The van der Waals surface area contributed by atoms with Crippen molar-refractivity contribution in [2.75, 3.05) is 18.0 Å². The van der Waals surface area contributed by atoms with Crippen LogP contribution in [0.5, 0.6) is 0 Å². The predicted molar refractivity (Wildman–Crippen MR) is 87.1 cm³/mol. The smallest absolute Gasteiger partial charge is 0.0772 e. The molecule has 1 saturated carbocycles. The molecule has 1 aliphatic heterocycles. The first kappa shape index (κ1) is 14.4.